The normalized spacial score (nSPS) is 11.1. The van der Waals surface area contributed by atoms with Gasteiger partial charge in [0, 0.05) is 12.4 Å². The molecular formula is C12H5Cl3N2O2. The van der Waals surface area contributed by atoms with E-state index in [4.69, 9.17) is 39.2 Å². The summed E-state index contributed by atoms with van der Waals surface area (Å²) in [6, 6.07) is 4.96. The molecule has 7 heteroatoms. The van der Waals surface area contributed by atoms with Crippen LogP contribution < -0.4 is 5.63 Å². The second-order valence-electron chi connectivity index (χ2n) is 3.73. The van der Waals surface area contributed by atoms with E-state index in [-0.39, 0.29) is 16.6 Å². The molecule has 1 aromatic carbocycles. The lowest BCUT2D eigenvalue weighted by Gasteiger charge is -2.08. The van der Waals surface area contributed by atoms with Crippen LogP contribution >= 0.6 is 34.8 Å². The number of rotatable bonds is 1. The predicted molar refractivity (Wildman–Crippen MR) is 74.2 cm³/mol. The van der Waals surface area contributed by atoms with Crippen LogP contribution in [0.15, 0.2) is 39.8 Å². The molecule has 4 nitrogen and oxygen atoms in total. The molecule has 0 N–H and O–H groups in total. The number of halogens is 3. The number of benzene rings is 1. The van der Waals surface area contributed by atoms with Gasteiger partial charge in [0.15, 0.2) is 10.9 Å². The quantitative estimate of drug-likeness (QED) is 0.684. The van der Waals surface area contributed by atoms with E-state index in [0.29, 0.717) is 15.6 Å². The Balaban J connectivity index is 2.44. The zero-order valence-electron chi connectivity index (χ0n) is 9.23. The summed E-state index contributed by atoms with van der Waals surface area (Å²) in [4.78, 5) is 15.7. The van der Waals surface area contributed by atoms with E-state index in [1.165, 1.54) is 10.6 Å². The average molecular weight is 316 g/mol. The Morgan fingerprint density at radius 3 is 2.53 bits per heavy atom. The Morgan fingerprint density at radius 1 is 1.16 bits per heavy atom. The molecule has 0 atom stereocenters. The number of hydrogen-bond acceptors (Lipinski definition) is 3. The third kappa shape index (κ3) is 1.92. The van der Waals surface area contributed by atoms with Crippen LogP contribution in [0.1, 0.15) is 0 Å². The van der Waals surface area contributed by atoms with Crippen LogP contribution in [0.5, 0.6) is 0 Å². The second-order valence-corrected chi connectivity index (χ2v) is 4.90. The van der Waals surface area contributed by atoms with E-state index in [1.807, 2.05) is 0 Å². The maximum Gasteiger partial charge on any atom is 0.380 e. The first-order chi connectivity index (χ1) is 9.09. The monoisotopic (exact) mass is 314 g/mol. The van der Waals surface area contributed by atoms with Crippen molar-refractivity contribution in [2.45, 2.75) is 0 Å². The number of nitrogens with zero attached hydrogens (tertiary/aromatic N) is 2. The van der Waals surface area contributed by atoms with E-state index in [1.54, 1.807) is 24.4 Å². The van der Waals surface area contributed by atoms with E-state index < -0.39 is 5.63 Å². The molecule has 0 saturated carbocycles. The van der Waals surface area contributed by atoms with Gasteiger partial charge in [-0.25, -0.2) is 9.78 Å². The lowest BCUT2D eigenvalue weighted by Crippen LogP contribution is -2.06. The maximum atomic E-state index is 11.8. The van der Waals surface area contributed by atoms with Crippen LogP contribution in [0.4, 0.5) is 0 Å². The highest BCUT2D eigenvalue weighted by Crippen LogP contribution is 2.37. The summed E-state index contributed by atoms with van der Waals surface area (Å²) in [6.07, 6.45) is 3.01. The maximum absolute atomic E-state index is 11.8. The summed E-state index contributed by atoms with van der Waals surface area (Å²) in [5, 5.41) is 0.871. The molecule has 2 aromatic heterocycles. The minimum atomic E-state index is -0.611. The second kappa shape index (κ2) is 4.56. The molecule has 19 heavy (non-hydrogen) atoms. The fourth-order valence-electron chi connectivity index (χ4n) is 1.77. The average Bonchev–Trinajstić information content (AvgIpc) is 2.85. The smallest absolute Gasteiger partial charge is 0.380 e. The first-order valence-corrected chi connectivity index (χ1v) is 6.33. The van der Waals surface area contributed by atoms with Crippen molar-refractivity contribution in [2.75, 3.05) is 0 Å². The highest BCUT2D eigenvalue weighted by Gasteiger charge is 2.19. The molecule has 2 heterocycles. The Labute approximate surface area is 122 Å². The minimum Gasteiger partial charge on any atom is -0.417 e. The molecule has 0 saturated heterocycles. The summed E-state index contributed by atoms with van der Waals surface area (Å²) in [7, 11) is 0. The fraction of sp³-hybridized carbons (Fsp3) is 0. The molecule has 3 rings (SSSR count). The molecule has 0 amide bonds. The van der Waals surface area contributed by atoms with Gasteiger partial charge in [0.2, 0.25) is 5.65 Å². The third-order valence-electron chi connectivity index (χ3n) is 2.61. The van der Waals surface area contributed by atoms with Gasteiger partial charge in [-0.1, -0.05) is 40.9 Å². The van der Waals surface area contributed by atoms with Crippen LogP contribution in [0.3, 0.4) is 0 Å². The van der Waals surface area contributed by atoms with Crippen molar-refractivity contribution in [2.24, 2.45) is 0 Å². The van der Waals surface area contributed by atoms with Crippen LogP contribution in [0.2, 0.25) is 15.2 Å². The molecule has 0 spiro atoms. The van der Waals surface area contributed by atoms with Crippen molar-refractivity contribution in [1.29, 1.82) is 0 Å². The van der Waals surface area contributed by atoms with E-state index in [9.17, 15) is 4.79 Å². The van der Waals surface area contributed by atoms with Crippen LogP contribution in [-0.4, -0.2) is 9.38 Å². The summed E-state index contributed by atoms with van der Waals surface area (Å²) < 4.78 is 6.61. The summed E-state index contributed by atoms with van der Waals surface area (Å²) in [6.45, 7) is 0. The highest BCUT2D eigenvalue weighted by atomic mass is 35.5. The van der Waals surface area contributed by atoms with Crippen molar-refractivity contribution >= 4 is 40.4 Å². The zero-order chi connectivity index (χ0) is 13.6. The van der Waals surface area contributed by atoms with Gasteiger partial charge < -0.3 is 4.42 Å². The number of aromatic nitrogens is 2. The Bertz CT molecular complexity index is 818. The topological polar surface area (TPSA) is 47.5 Å². The van der Waals surface area contributed by atoms with Gasteiger partial charge in [-0.2, -0.15) is 0 Å². The standard InChI is InChI=1S/C12H5Cl3N2O2/c13-6-2-1-3-7(14)8(6)9-10(15)17-5-4-16-11(17)12(18)19-9/h1-5H. The molecule has 0 bridgehead atoms. The van der Waals surface area contributed by atoms with E-state index >= 15 is 0 Å². The molecule has 0 radical (unpaired) electrons. The SMILES string of the molecule is O=c1oc(-c2c(Cl)cccc2Cl)c(Cl)n2ccnc12. The van der Waals surface area contributed by atoms with Gasteiger partial charge in [-0.15, -0.1) is 0 Å². The summed E-state index contributed by atoms with van der Waals surface area (Å²) in [5.74, 6) is 0.118. The van der Waals surface area contributed by atoms with Crippen molar-refractivity contribution in [1.82, 2.24) is 9.38 Å². The summed E-state index contributed by atoms with van der Waals surface area (Å²) >= 11 is 18.4. The molecule has 0 aliphatic heterocycles. The fourth-order valence-corrected chi connectivity index (χ4v) is 2.61. The van der Waals surface area contributed by atoms with Gasteiger partial charge in [0.05, 0.1) is 15.6 Å². The molecule has 0 unspecified atom stereocenters. The molecule has 0 aliphatic rings. The van der Waals surface area contributed by atoms with Crippen molar-refractivity contribution in [3.63, 3.8) is 0 Å². The summed E-state index contributed by atoms with van der Waals surface area (Å²) in [5.41, 5.74) is -0.124. The van der Waals surface area contributed by atoms with Gasteiger partial charge in [-0.05, 0) is 12.1 Å². The van der Waals surface area contributed by atoms with Gasteiger partial charge >= 0.3 is 5.63 Å². The first kappa shape index (κ1) is 12.5. The van der Waals surface area contributed by atoms with Gasteiger partial charge in [0.1, 0.15) is 0 Å². The largest absolute Gasteiger partial charge is 0.417 e. The van der Waals surface area contributed by atoms with Crippen molar-refractivity contribution in [3.05, 3.63) is 56.2 Å². The van der Waals surface area contributed by atoms with Crippen molar-refractivity contribution < 1.29 is 4.42 Å². The number of hydrogen-bond donors (Lipinski definition) is 0. The van der Waals surface area contributed by atoms with Gasteiger partial charge in [0.25, 0.3) is 0 Å². The van der Waals surface area contributed by atoms with Crippen LogP contribution in [0.25, 0.3) is 17.0 Å². The van der Waals surface area contributed by atoms with E-state index in [2.05, 4.69) is 4.98 Å². The molecule has 96 valence electrons. The number of fused-ring (bicyclic) bond motifs is 1. The minimum absolute atomic E-state index is 0.108. The molecular weight excluding hydrogens is 311 g/mol. The zero-order valence-corrected chi connectivity index (χ0v) is 11.5. The van der Waals surface area contributed by atoms with Crippen LogP contribution in [0, 0.1) is 0 Å². The molecule has 3 aromatic rings. The third-order valence-corrected chi connectivity index (χ3v) is 3.59. The van der Waals surface area contributed by atoms with Crippen molar-refractivity contribution in [3.8, 4) is 11.3 Å². The van der Waals surface area contributed by atoms with Crippen LogP contribution in [-0.2, 0) is 0 Å². The van der Waals surface area contributed by atoms with Gasteiger partial charge in [-0.3, -0.25) is 4.40 Å². The predicted octanol–water partition coefficient (Wildman–Crippen LogP) is 3.91. The molecule has 0 fully saturated rings. The number of imidazole rings is 1. The Hall–Kier alpha value is -1.49. The highest BCUT2D eigenvalue weighted by molar-refractivity contribution is 6.40. The first-order valence-electron chi connectivity index (χ1n) is 5.19. The lowest BCUT2D eigenvalue weighted by atomic mass is 10.2. The molecule has 0 aliphatic carbocycles. The Kier molecular flexibility index (Phi) is 3.01. The Morgan fingerprint density at radius 2 is 1.84 bits per heavy atom. The lowest BCUT2D eigenvalue weighted by molar-refractivity contribution is 0.523. The van der Waals surface area contributed by atoms with E-state index in [0.717, 1.165) is 0 Å².